The highest BCUT2D eigenvalue weighted by atomic mass is 16.5. The first-order chi connectivity index (χ1) is 15.1. The van der Waals surface area contributed by atoms with Gasteiger partial charge in [-0.3, -0.25) is 14.5 Å². The summed E-state index contributed by atoms with van der Waals surface area (Å²) in [6.07, 6.45) is 1.97. The minimum Gasteiger partial charge on any atom is -0.378 e. The lowest BCUT2D eigenvalue weighted by atomic mass is 10.0. The smallest absolute Gasteiger partial charge is 0.241 e. The number of carbonyl (C=O) groups excluding carboxylic acids is 2. The van der Waals surface area contributed by atoms with Gasteiger partial charge in [0.15, 0.2) is 0 Å². The number of nitrogens with zero attached hydrogens (tertiary/aromatic N) is 3. The third-order valence-electron chi connectivity index (χ3n) is 5.76. The molecule has 0 bridgehead atoms. The number of carbonyl (C=O) groups is 2. The summed E-state index contributed by atoms with van der Waals surface area (Å²) in [4.78, 5) is 31.2. The molecule has 2 aliphatic rings. The summed E-state index contributed by atoms with van der Waals surface area (Å²) in [7, 11) is 1.80. The van der Waals surface area contributed by atoms with Crippen molar-refractivity contribution in [2.75, 3.05) is 68.1 Å². The second-order valence-corrected chi connectivity index (χ2v) is 8.14. The van der Waals surface area contributed by atoms with E-state index in [-0.39, 0.29) is 24.9 Å². The summed E-state index contributed by atoms with van der Waals surface area (Å²) in [5.74, 6) is -0.106. The number of rotatable bonds is 6. The number of likely N-dealkylation sites (N-methyl/N-ethyl adjacent to an activating group) is 1. The van der Waals surface area contributed by atoms with Gasteiger partial charge in [0.2, 0.25) is 11.8 Å². The number of aryl methyl sites for hydroxylation is 1. The van der Waals surface area contributed by atoms with Crippen LogP contribution in [0.25, 0.3) is 0 Å². The molecule has 0 atom stereocenters. The lowest BCUT2D eigenvalue weighted by Crippen LogP contribution is -2.43. The molecule has 2 aromatic rings. The lowest BCUT2D eigenvalue weighted by molar-refractivity contribution is -0.121. The van der Waals surface area contributed by atoms with E-state index in [2.05, 4.69) is 16.3 Å². The lowest BCUT2D eigenvalue weighted by Gasteiger charge is -2.30. The fourth-order valence-electron chi connectivity index (χ4n) is 4.19. The number of hydrogen-bond acceptors (Lipinski definition) is 5. The molecule has 1 saturated heterocycles. The summed E-state index contributed by atoms with van der Waals surface area (Å²) in [6, 6.07) is 15.9. The monoisotopic (exact) mass is 422 g/mol. The Morgan fingerprint density at radius 3 is 2.52 bits per heavy atom. The Balaban J connectivity index is 1.27. The first-order valence-corrected chi connectivity index (χ1v) is 10.9. The van der Waals surface area contributed by atoms with Crippen LogP contribution in [0.3, 0.4) is 0 Å². The van der Waals surface area contributed by atoms with Crippen molar-refractivity contribution >= 4 is 28.9 Å². The molecule has 31 heavy (non-hydrogen) atoms. The number of benzene rings is 2. The molecule has 1 fully saturated rings. The minimum atomic E-state index is -0.131. The maximum atomic E-state index is 12.8. The zero-order chi connectivity index (χ0) is 21.6. The Bertz CT molecular complexity index is 909. The van der Waals surface area contributed by atoms with Gasteiger partial charge in [0.05, 0.1) is 26.3 Å². The molecular formula is C24H30N4O3. The first kappa shape index (κ1) is 21.3. The van der Waals surface area contributed by atoms with E-state index in [1.807, 2.05) is 47.4 Å². The highest BCUT2D eigenvalue weighted by molar-refractivity contribution is 5.97. The SMILES string of the molecule is CN(CC(=O)Nc1ccc(N2CCOCC2)cc1)CC(=O)N1CCCc2ccccc21. The Morgan fingerprint density at radius 1 is 1.00 bits per heavy atom. The maximum absolute atomic E-state index is 12.8. The highest BCUT2D eigenvalue weighted by Crippen LogP contribution is 2.26. The van der Waals surface area contributed by atoms with Crippen LogP contribution in [0.4, 0.5) is 17.1 Å². The minimum absolute atomic E-state index is 0.0253. The van der Waals surface area contributed by atoms with E-state index in [1.165, 1.54) is 5.56 Å². The number of amides is 2. The van der Waals surface area contributed by atoms with E-state index in [1.54, 1.807) is 11.9 Å². The largest absolute Gasteiger partial charge is 0.378 e. The quantitative estimate of drug-likeness (QED) is 0.774. The molecule has 4 rings (SSSR count). The molecule has 164 valence electrons. The van der Waals surface area contributed by atoms with Crippen LogP contribution < -0.4 is 15.1 Å². The van der Waals surface area contributed by atoms with Crippen molar-refractivity contribution in [3.05, 3.63) is 54.1 Å². The molecule has 7 nitrogen and oxygen atoms in total. The molecule has 2 aliphatic heterocycles. The van der Waals surface area contributed by atoms with Gasteiger partial charge in [-0.25, -0.2) is 0 Å². The van der Waals surface area contributed by atoms with E-state index in [0.29, 0.717) is 0 Å². The number of morpholine rings is 1. The number of para-hydroxylation sites is 1. The molecule has 0 saturated carbocycles. The molecule has 2 heterocycles. The van der Waals surface area contributed by atoms with Crippen LogP contribution in [-0.4, -0.2) is 69.7 Å². The van der Waals surface area contributed by atoms with Crippen LogP contribution in [0.15, 0.2) is 48.5 Å². The van der Waals surface area contributed by atoms with Crippen molar-refractivity contribution in [1.29, 1.82) is 0 Å². The summed E-state index contributed by atoms with van der Waals surface area (Å²) >= 11 is 0. The van der Waals surface area contributed by atoms with Crippen molar-refractivity contribution in [1.82, 2.24) is 4.90 Å². The van der Waals surface area contributed by atoms with E-state index in [0.717, 1.165) is 62.8 Å². The topological polar surface area (TPSA) is 65.1 Å². The van der Waals surface area contributed by atoms with E-state index in [9.17, 15) is 9.59 Å². The van der Waals surface area contributed by atoms with E-state index < -0.39 is 0 Å². The molecule has 0 aliphatic carbocycles. The summed E-state index contributed by atoms with van der Waals surface area (Å²) in [5, 5.41) is 2.92. The Labute approximate surface area is 183 Å². The van der Waals surface area contributed by atoms with Crippen LogP contribution in [0, 0.1) is 0 Å². The molecule has 1 N–H and O–H groups in total. The van der Waals surface area contributed by atoms with Gasteiger partial charge in [-0.1, -0.05) is 18.2 Å². The second kappa shape index (κ2) is 9.94. The van der Waals surface area contributed by atoms with Gasteiger partial charge in [-0.15, -0.1) is 0 Å². The zero-order valence-electron chi connectivity index (χ0n) is 18.0. The van der Waals surface area contributed by atoms with E-state index in [4.69, 9.17) is 4.74 Å². The van der Waals surface area contributed by atoms with Gasteiger partial charge in [-0.05, 0) is 55.8 Å². The van der Waals surface area contributed by atoms with Crippen molar-refractivity contribution in [3.8, 4) is 0 Å². The van der Waals surface area contributed by atoms with Crippen LogP contribution >= 0.6 is 0 Å². The molecule has 0 aromatic heterocycles. The average molecular weight is 423 g/mol. The molecule has 0 unspecified atom stereocenters. The second-order valence-electron chi connectivity index (χ2n) is 8.14. The van der Waals surface area contributed by atoms with Crippen molar-refractivity contribution in [3.63, 3.8) is 0 Å². The van der Waals surface area contributed by atoms with Gasteiger partial charge in [0.1, 0.15) is 0 Å². The van der Waals surface area contributed by atoms with E-state index >= 15 is 0 Å². The van der Waals surface area contributed by atoms with Gasteiger partial charge < -0.3 is 19.9 Å². The fraction of sp³-hybridized carbons (Fsp3) is 0.417. The first-order valence-electron chi connectivity index (χ1n) is 10.9. The highest BCUT2D eigenvalue weighted by Gasteiger charge is 2.23. The Kier molecular flexibility index (Phi) is 6.84. The predicted octanol–water partition coefficient (Wildman–Crippen LogP) is 2.37. The molecular weight excluding hydrogens is 392 g/mol. The van der Waals surface area contributed by atoms with Gasteiger partial charge >= 0.3 is 0 Å². The third-order valence-corrected chi connectivity index (χ3v) is 5.76. The van der Waals surface area contributed by atoms with Gasteiger partial charge in [0.25, 0.3) is 0 Å². The predicted molar refractivity (Wildman–Crippen MR) is 123 cm³/mol. The van der Waals surface area contributed by atoms with Crippen LogP contribution in [0.2, 0.25) is 0 Å². The fourth-order valence-corrected chi connectivity index (χ4v) is 4.19. The number of ether oxygens (including phenoxy) is 1. The van der Waals surface area contributed by atoms with Crippen LogP contribution in [0.1, 0.15) is 12.0 Å². The molecule has 0 spiro atoms. The van der Waals surface area contributed by atoms with Crippen molar-refractivity contribution in [2.24, 2.45) is 0 Å². The summed E-state index contributed by atoms with van der Waals surface area (Å²) < 4.78 is 5.39. The zero-order valence-corrected chi connectivity index (χ0v) is 18.0. The summed E-state index contributed by atoms with van der Waals surface area (Å²) in [6.45, 7) is 4.34. The van der Waals surface area contributed by atoms with Crippen LogP contribution in [-0.2, 0) is 20.7 Å². The average Bonchev–Trinajstić information content (AvgIpc) is 2.79. The maximum Gasteiger partial charge on any atom is 0.241 e. The van der Waals surface area contributed by atoms with Gasteiger partial charge in [-0.2, -0.15) is 0 Å². The van der Waals surface area contributed by atoms with Crippen LogP contribution in [0.5, 0.6) is 0 Å². The molecule has 2 amide bonds. The Hall–Kier alpha value is -2.90. The molecule has 2 aromatic carbocycles. The number of hydrogen-bond donors (Lipinski definition) is 1. The number of anilines is 3. The normalized spacial score (nSPS) is 16.2. The Morgan fingerprint density at radius 2 is 1.74 bits per heavy atom. The van der Waals surface area contributed by atoms with Gasteiger partial charge in [0, 0.05) is 36.7 Å². The standard InChI is InChI=1S/C24H30N4O3/c1-26(18-24(30)28-12-4-6-19-5-2-3-7-22(19)28)17-23(29)25-20-8-10-21(11-9-20)27-13-15-31-16-14-27/h2-3,5,7-11H,4,6,12-18H2,1H3,(H,25,29). The molecule has 7 heteroatoms. The molecule has 0 radical (unpaired) electrons. The number of nitrogens with one attached hydrogen (secondary N) is 1. The summed E-state index contributed by atoms with van der Waals surface area (Å²) in [5.41, 5.74) is 4.09. The van der Waals surface area contributed by atoms with Crippen molar-refractivity contribution < 1.29 is 14.3 Å². The number of fused-ring (bicyclic) bond motifs is 1. The van der Waals surface area contributed by atoms with Crippen molar-refractivity contribution in [2.45, 2.75) is 12.8 Å². The third kappa shape index (κ3) is 5.42.